The molecule has 1 N–H and O–H groups in total. The Morgan fingerprint density at radius 3 is 2.92 bits per heavy atom. The Balaban J connectivity index is 1.46. The van der Waals surface area contributed by atoms with E-state index in [1.165, 1.54) is 16.7 Å². The molecule has 1 unspecified atom stereocenters. The summed E-state index contributed by atoms with van der Waals surface area (Å²) in [6.07, 6.45) is 3.01. The number of sulfone groups is 1. The van der Waals surface area contributed by atoms with Gasteiger partial charge in [-0.3, -0.25) is 14.5 Å². The van der Waals surface area contributed by atoms with Crippen LogP contribution in [-0.2, 0) is 19.4 Å². The molecule has 140 valence electrons. The van der Waals surface area contributed by atoms with Crippen LogP contribution in [0, 0.1) is 0 Å². The first-order chi connectivity index (χ1) is 12.3. The number of rotatable bonds is 6. The molecule has 2 saturated heterocycles. The molecule has 3 heterocycles. The topological polar surface area (TPSA) is 83.6 Å². The number of carbonyl (C=O) groups is 2. The number of nitrogens with one attached hydrogen (secondary N) is 1. The first-order valence-electron chi connectivity index (χ1n) is 8.13. The highest BCUT2D eigenvalue weighted by Gasteiger charge is 2.32. The van der Waals surface area contributed by atoms with Crippen LogP contribution < -0.4 is 5.32 Å². The van der Waals surface area contributed by atoms with E-state index in [1.807, 2.05) is 23.6 Å². The molecular weight excluding hydrogens is 412 g/mol. The largest absolute Gasteiger partial charge is 0.352 e. The molecule has 2 aliphatic rings. The number of thiocarbonyl (C=S) groups is 1. The standard InChI is InChI=1S/C16H18N2O4S4/c19-14(17-11-5-8-26(21,22)10-11)4-1-6-18-15(20)13(25-16(18)23)9-12-3-2-7-24-12/h2-3,7,9,11H,1,4-6,8,10H2,(H,17,19)/b13-9+. The number of hydrogen-bond acceptors (Lipinski definition) is 7. The van der Waals surface area contributed by atoms with Crippen molar-refractivity contribution in [3.8, 4) is 0 Å². The van der Waals surface area contributed by atoms with Crippen LogP contribution in [0.5, 0.6) is 0 Å². The molecule has 6 nitrogen and oxygen atoms in total. The van der Waals surface area contributed by atoms with Gasteiger partial charge in [0.2, 0.25) is 5.91 Å². The van der Waals surface area contributed by atoms with Crippen LogP contribution in [0.4, 0.5) is 0 Å². The Labute approximate surface area is 165 Å². The van der Waals surface area contributed by atoms with Crippen molar-refractivity contribution in [2.24, 2.45) is 0 Å². The number of thioether (sulfide) groups is 1. The van der Waals surface area contributed by atoms with Gasteiger partial charge in [-0.2, -0.15) is 0 Å². The molecule has 10 heteroatoms. The molecule has 26 heavy (non-hydrogen) atoms. The minimum atomic E-state index is -3.01. The summed E-state index contributed by atoms with van der Waals surface area (Å²) in [5, 5.41) is 4.70. The zero-order valence-corrected chi connectivity index (χ0v) is 17.1. The van der Waals surface area contributed by atoms with Gasteiger partial charge in [0.1, 0.15) is 4.32 Å². The lowest BCUT2D eigenvalue weighted by Gasteiger charge is -2.15. The van der Waals surface area contributed by atoms with E-state index < -0.39 is 9.84 Å². The average Bonchev–Trinajstić information content (AvgIpc) is 3.25. The Hall–Kier alpha value is -1.23. The normalized spacial score (nSPS) is 23.8. The van der Waals surface area contributed by atoms with Crippen LogP contribution in [0.3, 0.4) is 0 Å². The van der Waals surface area contributed by atoms with E-state index in [0.29, 0.717) is 28.6 Å². The maximum atomic E-state index is 12.5. The van der Waals surface area contributed by atoms with Crippen molar-refractivity contribution in [2.45, 2.75) is 25.3 Å². The highest BCUT2D eigenvalue weighted by molar-refractivity contribution is 8.26. The molecule has 1 atom stereocenters. The molecule has 0 spiro atoms. The highest BCUT2D eigenvalue weighted by atomic mass is 32.2. The molecule has 3 rings (SSSR count). The van der Waals surface area contributed by atoms with Crippen LogP contribution in [0.25, 0.3) is 6.08 Å². The van der Waals surface area contributed by atoms with E-state index in [0.717, 1.165) is 4.88 Å². The summed E-state index contributed by atoms with van der Waals surface area (Å²) in [6.45, 7) is 0.378. The van der Waals surface area contributed by atoms with Gasteiger partial charge in [-0.1, -0.05) is 30.0 Å². The van der Waals surface area contributed by atoms with Gasteiger partial charge < -0.3 is 5.32 Å². The van der Waals surface area contributed by atoms with Crippen molar-refractivity contribution in [3.63, 3.8) is 0 Å². The molecule has 0 radical (unpaired) electrons. The molecule has 1 aromatic heterocycles. The fraction of sp³-hybridized carbons (Fsp3) is 0.438. The smallest absolute Gasteiger partial charge is 0.266 e. The highest BCUT2D eigenvalue weighted by Crippen LogP contribution is 2.33. The van der Waals surface area contributed by atoms with E-state index in [2.05, 4.69) is 5.32 Å². The van der Waals surface area contributed by atoms with Crippen LogP contribution >= 0.6 is 35.3 Å². The third kappa shape index (κ3) is 4.93. The van der Waals surface area contributed by atoms with Gasteiger partial charge in [0.25, 0.3) is 5.91 Å². The molecule has 0 saturated carbocycles. The van der Waals surface area contributed by atoms with Crippen molar-refractivity contribution in [1.82, 2.24) is 10.2 Å². The summed E-state index contributed by atoms with van der Waals surface area (Å²) in [5.41, 5.74) is 0. The van der Waals surface area contributed by atoms with E-state index in [9.17, 15) is 18.0 Å². The molecule has 0 aliphatic carbocycles. The lowest BCUT2D eigenvalue weighted by molar-refractivity contribution is -0.124. The predicted molar refractivity (Wildman–Crippen MR) is 109 cm³/mol. The van der Waals surface area contributed by atoms with E-state index in [-0.39, 0.29) is 35.8 Å². The second-order valence-corrected chi connectivity index (χ2v) is 11.0. The summed E-state index contributed by atoms with van der Waals surface area (Å²) < 4.78 is 23.3. The zero-order valence-electron chi connectivity index (χ0n) is 13.8. The monoisotopic (exact) mass is 430 g/mol. The van der Waals surface area contributed by atoms with Gasteiger partial charge >= 0.3 is 0 Å². The molecule has 2 aliphatic heterocycles. The number of nitrogens with zero attached hydrogens (tertiary/aromatic N) is 1. The minimum Gasteiger partial charge on any atom is -0.352 e. The Kier molecular flexibility index (Phi) is 6.16. The summed E-state index contributed by atoms with van der Waals surface area (Å²) in [7, 11) is -3.01. The second-order valence-electron chi connectivity index (χ2n) is 6.12. The lowest BCUT2D eigenvalue weighted by Crippen LogP contribution is -2.36. The number of amides is 2. The lowest BCUT2D eigenvalue weighted by atomic mass is 10.2. The first kappa shape index (κ1) is 19.5. The molecule has 0 aromatic carbocycles. The predicted octanol–water partition coefficient (Wildman–Crippen LogP) is 2.03. The molecule has 2 fully saturated rings. The van der Waals surface area contributed by atoms with Gasteiger partial charge in [0.15, 0.2) is 9.84 Å². The molecular formula is C16H18N2O4S4. The average molecular weight is 431 g/mol. The van der Waals surface area contributed by atoms with Crippen molar-refractivity contribution < 1.29 is 18.0 Å². The molecule has 0 bridgehead atoms. The Morgan fingerprint density at radius 2 is 2.27 bits per heavy atom. The number of hydrogen-bond donors (Lipinski definition) is 1. The zero-order chi connectivity index (χ0) is 18.7. The fourth-order valence-corrected chi connectivity index (χ4v) is 6.51. The maximum Gasteiger partial charge on any atom is 0.266 e. The first-order valence-corrected chi connectivity index (χ1v) is 12.1. The maximum absolute atomic E-state index is 12.5. The Bertz CT molecular complexity index is 846. The Morgan fingerprint density at radius 1 is 1.46 bits per heavy atom. The van der Waals surface area contributed by atoms with Gasteiger partial charge in [-0.15, -0.1) is 11.3 Å². The SMILES string of the molecule is O=C(CCCN1C(=O)/C(=C\c2cccs2)SC1=S)NC1CCS(=O)(=O)C1. The van der Waals surface area contributed by atoms with Gasteiger partial charge in [-0.25, -0.2) is 8.42 Å². The van der Waals surface area contributed by atoms with E-state index >= 15 is 0 Å². The van der Waals surface area contributed by atoms with Gasteiger partial charge in [0.05, 0.1) is 16.4 Å². The minimum absolute atomic E-state index is 0.0148. The van der Waals surface area contributed by atoms with Crippen LogP contribution in [0.1, 0.15) is 24.1 Å². The van der Waals surface area contributed by atoms with E-state index in [4.69, 9.17) is 12.2 Å². The quantitative estimate of drug-likeness (QED) is 0.549. The third-order valence-electron chi connectivity index (χ3n) is 4.07. The molecule has 2 amide bonds. The van der Waals surface area contributed by atoms with Crippen LogP contribution in [0.15, 0.2) is 22.4 Å². The summed E-state index contributed by atoms with van der Waals surface area (Å²) in [4.78, 5) is 27.5. The van der Waals surface area contributed by atoms with Crippen molar-refractivity contribution in [1.29, 1.82) is 0 Å². The molecule has 1 aromatic rings. The fourth-order valence-electron chi connectivity index (χ4n) is 2.80. The summed E-state index contributed by atoms with van der Waals surface area (Å²) in [5.74, 6) is -0.172. The van der Waals surface area contributed by atoms with Crippen LogP contribution in [0.2, 0.25) is 0 Å². The summed E-state index contributed by atoms with van der Waals surface area (Å²) in [6, 6.07) is 3.56. The van der Waals surface area contributed by atoms with Crippen molar-refractivity contribution >= 4 is 67.4 Å². The van der Waals surface area contributed by atoms with Crippen molar-refractivity contribution in [3.05, 3.63) is 27.3 Å². The van der Waals surface area contributed by atoms with E-state index in [1.54, 1.807) is 11.3 Å². The van der Waals surface area contributed by atoms with Crippen molar-refractivity contribution in [2.75, 3.05) is 18.1 Å². The van der Waals surface area contributed by atoms with Gasteiger partial charge in [0, 0.05) is 23.9 Å². The second kappa shape index (κ2) is 8.20. The summed E-state index contributed by atoms with van der Waals surface area (Å²) >= 11 is 8.10. The third-order valence-corrected chi connectivity index (χ3v) is 8.04. The number of thiophene rings is 1. The van der Waals surface area contributed by atoms with Crippen LogP contribution in [-0.4, -0.2) is 53.5 Å². The number of carbonyl (C=O) groups excluding carboxylic acids is 2. The van der Waals surface area contributed by atoms with Gasteiger partial charge in [-0.05, 0) is 30.4 Å².